The van der Waals surface area contributed by atoms with Crippen LogP contribution in [0.3, 0.4) is 0 Å². The predicted molar refractivity (Wildman–Crippen MR) is 53.1 cm³/mol. The Morgan fingerprint density at radius 1 is 1.38 bits per heavy atom. The highest BCUT2D eigenvalue weighted by molar-refractivity contribution is 7.89. The average molecular weight is 251 g/mol. The van der Waals surface area contributed by atoms with Gasteiger partial charge < -0.3 is 5.11 Å². The summed E-state index contributed by atoms with van der Waals surface area (Å²) in [6.07, 6.45) is 0. The fourth-order valence-corrected chi connectivity index (χ4v) is 2.35. The number of aliphatic hydroxyl groups excluding tert-OH is 1. The summed E-state index contributed by atoms with van der Waals surface area (Å²) < 4.78 is 51.3. The number of halogens is 2. The van der Waals surface area contributed by atoms with Crippen LogP contribution >= 0.6 is 0 Å². The summed E-state index contributed by atoms with van der Waals surface area (Å²) in [5, 5.41) is 8.77. The lowest BCUT2D eigenvalue weighted by atomic mass is 10.2. The summed E-state index contributed by atoms with van der Waals surface area (Å²) in [7, 11) is -4.07. The summed E-state index contributed by atoms with van der Waals surface area (Å²) in [5.41, 5.74) is -0.00428. The molecule has 7 heteroatoms. The summed E-state index contributed by atoms with van der Waals surface area (Å²) in [6.45, 7) is 1.01. The Morgan fingerprint density at radius 2 is 2.00 bits per heavy atom. The van der Waals surface area contributed by atoms with Gasteiger partial charge in [-0.25, -0.2) is 21.9 Å². The third-order valence-electron chi connectivity index (χ3n) is 1.86. The van der Waals surface area contributed by atoms with Crippen molar-refractivity contribution in [3.05, 3.63) is 29.3 Å². The monoisotopic (exact) mass is 251 g/mol. The molecule has 4 nitrogen and oxygen atoms in total. The largest absolute Gasteiger partial charge is 0.392 e. The van der Waals surface area contributed by atoms with Crippen molar-refractivity contribution >= 4 is 10.0 Å². The topological polar surface area (TPSA) is 66.4 Å². The van der Waals surface area contributed by atoms with Gasteiger partial charge in [0.1, 0.15) is 4.90 Å². The van der Waals surface area contributed by atoms with Gasteiger partial charge in [-0.15, -0.1) is 0 Å². The van der Waals surface area contributed by atoms with E-state index in [1.165, 1.54) is 6.92 Å². The zero-order chi connectivity index (χ0) is 12.3. The summed E-state index contributed by atoms with van der Waals surface area (Å²) in [4.78, 5) is -0.793. The van der Waals surface area contributed by atoms with E-state index in [2.05, 4.69) is 0 Å². The summed E-state index contributed by atoms with van der Waals surface area (Å²) in [6, 6.07) is 1.65. The van der Waals surface area contributed by atoms with E-state index in [9.17, 15) is 17.2 Å². The highest BCUT2D eigenvalue weighted by atomic mass is 32.2. The quantitative estimate of drug-likeness (QED) is 0.830. The molecule has 2 N–H and O–H groups in total. The van der Waals surface area contributed by atoms with Crippen molar-refractivity contribution in [2.24, 2.45) is 0 Å². The van der Waals surface area contributed by atoms with Crippen LogP contribution in [0.1, 0.15) is 12.5 Å². The van der Waals surface area contributed by atoms with Crippen molar-refractivity contribution in [1.82, 2.24) is 4.72 Å². The first-order chi connectivity index (χ1) is 7.42. The minimum atomic E-state index is -4.07. The van der Waals surface area contributed by atoms with Gasteiger partial charge in [0, 0.05) is 6.54 Å². The molecule has 0 aliphatic carbocycles. The van der Waals surface area contributed by atoms with Crippen LogP contribution in [0, 0.1) is 11.6 Å². The third-order valence-corrected chi connectivity index (χ3v) is 3.41. The van der Waals surface area contributed by atoms with E-state index in [-0.39, 0.29) is 12.1 Å². The molecule has 0 aliphatic rings. The standard InChI is InChI=1S/C9H11F2NO3S/c1-2-12-16(14,15)8-4-6(5-13)3-7(10)9(8)11/h3-4,12-13H,2,5H2,1H3. The maximum absolute atomic E-state index is 13.3. The minimum absolute atomic E-state index is 0.00428. The van der Waals surface area contributed by atoms with Crippen LogP contribution in [0.4, 0.5) is 8.78 Å². The molecule has 1 rings (SSSR count). The highest BCUT2D eigenvalue weighted by Gasteiger charge is 2.21. The average Bonchev–Trinajstić information content (AvgIpc) is 2.21. The molecule has 0 fully saturated rings. The van der Waals surface area contributed by atoms with Crippen LogP contribution in [0.5, 0.6) is 0 Å². The minimum Gasteiger partial charge on any atom is -0.392 e. The second kappa shape index (κ2) is 4.86. The van der Waals surface area contributed by atoms with E-state index >= 15 is 0 Å². The molecular weight excluding hydrogens is 240 g/mol. The van der Waals surface area contributed by atoms with Gasteiger partial charge in [-0.3, -0.25) is 0 Å². The Labute approximate surface area is 92.0 Å². The summed E-state index contributed by atoms with van der Waals surface area (Å²) in [5.74, 6) is -2.75. The molecule has 1 aromatic rings. The molecule has 0 saturated carbocycles. The molecule has 0 atom stereocenters. The van der Waals surface area contributed by atoms with Gasteiger partial charge in [-0.2, -0.15) is 0 Å². The second-order valence-electron chi connectivity index (χ2n) is 3.05. The SMILES string of the molecule is CCNS(=O)(=O)c1cc(CO)cc(F)c1F. The van der Waals surface area contributed by atoms with Crippen LogP contribution in [0.2, 0.25) is 0 Å². The van der Waals surface area contributed by atoms with Crippen molar-refractivity contribution in [3.63, 3.8) is 0 Å². The Hall–Kier alpha value is -1.05. The molecule has 0 aliphatic heterocycles. The number of benzene rings is 1. The molecule has 16 heavy (non-hydrogen) atoms. The Kier molecular flexibility index (Phi) is 3.95. The van der Waals surface area contributed by atoms with E-state index in [4.69, 9.17) is 5.11 Å². The normalized spacial score (nSPS) is 11.8. The fraction of sp³-hybridized carbons (Fsp3) is 0.333. The van der Waals surface area contributed by atoms with Crippen molar-refractivity contribution in [2.75, 3.05) is 6.54 Å². The van der Waals surface area contributed by atoms with Gasteiger partial charge in [0.25, 0.3) is 0 Å². The first-order valence-corrected chi connectivity index (χ1v) is 5.99. The van der Waals surface area contributed by atoms with Crippen molar-refractivity contribution in [2.45, 2.75) is 18.4 Å². The van der Waals surface area contributed by atoms with Crippen LogP contribution < -0.4 is 4.72 Å². The van der Waals surface area contributed by atoms with Gasteiger partial charge in [0.15, 0.2) is 11.6 Å². The lowest BCUT2D eigenvalue weighted by Crippen LogP contribution is -2.24. The lowest BCUT2D eigenvalue weighted by molar-refractivity contribution is 0.280. The molecule has 0 amide bonds. The van der Waals surface area contributed by atoms with E-state index in [1.54, 1.807) is 0 Å². The first-order valence-electron chi connectivity index (χ1n) is 4.50. The maximum atomic E-state index is 13.3. The molecule has 0 spiro atoms. The molecule has 0 aromatic heterocycles. The van der Waals surface area contributed by atoms with E-state index < -0.39 is 33.2 Å². The molecule has 0 bridgehead atoms. The fourth-order valence-electron chi connectivity index (χ4n) is 1.17. The predicted octanol–water partition coefficient (Wildman–Crippen LogP) is 0.755. The second-order valence-corrected chi connectivity index (χ2v) is 4.78. The number of hydrogen-bond donors (Lipinski definition) is 2. The Bertz CT molecular complexity index is 488. The zero-order valence-corrected chi connectivity index (χ0v) is 9.31. The number of hydrogen-bond acceptors (Lipinski definition) is 3. The Morgan fingerprint density at radius 3 is 2.50 bits per heavy atom. The van der Waals surface area contributed by atoms with Gasteiger partial charge in [-0.1, -0.05) is 6.92 Å². The zero-order valence-electron chi connectivity index (χ0n) is 8.50. The highest BCUT2D eigenvalue weighted by Crippen LogP contribution is 2.19. The van der Waals surface area contributed by atoms with Crippen LogP contribution in [-0.4, -0.2) is 20.1 Å². The molecule has 0 heterocycles. The maximum Gasteiger partial charge on any atom is 0.243 e. The van der Waals surface area contributed by atoms with Crippen molar-refractivity contribution in [1.29, 1.82) is 0 Å². The molecular formula is C9H11F2NO3S. The van der Waals surface area contributed by atoms with E-state index in [1.807, 2.05) is 4.72 Å². The van der Waals surface area contributed by atoms with Crippen LogP contribution in [-0.2, 0) is 16.6 Å². The van der Waals surface area contributed by atoms with Crippen molar-refractivity contribution < 1.29 is 22.3 Å². The van der Waals surface area contributed by atoms with Gasteiger partial charge in [0.05, 0.1) is 6.61 Å². The molecule has 0 saturated heterocycles. The molecule has 0 unspecified atom stereocenters. The number of sulfonamides is 1. The lowest BCUT2D eigenvalue weighted by Gasteiger charge is -2.08. The van der Waals surface area contributed by atoms with Gasteiger partial charge in [0.2, 0.25) is 10.0 Å². The van der Waals surface area contributed by atoms with E-state index in [0.29, 0.717) is 0 Å². The molecule has 90 valence electrons. The number of aliphatic hydroxyl groups is 1. The number of nitrogens with one attached hydrogen (secondary N) is 1. The van der Waals surface area contributed by atoms with Crippen molar-refractivity contribution in [3.8, 4) is 0 Å². The first kappa shape index (κ1) is 13.0. The van der Waals surface area contributed by atoms with E-state index in [0.717, 1.165) is 12.1 Å². The smallest absolute Gasteiger partial charge is 0.243 e. The molecule has 1 aromatic carbocycles. The summed E-state index contributed by atoms with van der Waals surface area (Å²) >= 11 is 0. The molecule has 0 radical (unpaired) electrons. The number of rotatable bonds is 4. The van der Waals surface area contributed by atoms with Crippen LogP contribution in [0.25, 0.3) is 0 Å². The third kappa shape index (κ3) is 2.55. The van der Waals surface area contributed by atoms with Crippen LogP contribution in [0.15, 0.2) is 17.0 Å². The van der Waals surface area contributed by atoms with Gasteiger partial charge in [-0.05, 0) is 17.7 Å². The van der Waals surface area contributed by atoms with Gasteiger partial charge >= 0.3 is 0 Å². The Balaban J connectivity index is 3.38.